The van der Waals surface area contributed by atoms with E-state index in [0.29, 0.717) is 11.6 Å². The number of hydrogen-bond donors (Lipinski definition) is 0. The molecule has 1 heterocycles. The van der Waals surface area contributed by atoms with Gasteiger partial charge in [0.05, 0.1) is 12.1 Å². The molecule has 23 heavy (non-hydrogen) atoms. The molecule has 0 atom stereocenters. The van der Waals surface area contributed by atoms with Gasteiger partial charge in [-0.15, -0.1) is 0 Å². The third-order valence-electron chi connectivity index (χ3n) is 3.06. The molecule has 0 aliphatic carbocycles. The number of methoxy groups -OCH3 is 1. The Morgan fingerprint density at radius 2 is 1.96 bits per heavy atom. The molecular formula is C16H12ClFN2O3. The summed E-state index contributed by atoms with van der Waals surface area (Å²) >= 11 is 5.88. The Labute approximate surface area is 136 Å². The van der Waals surface area contributed by atoms with Crippen LogP contribution in [0.25, 0.3) is 11.4 Å². The first kappa shape index (κ1) is 15.3. The van der Waals surface area contributed by atoms with Gasteiger partial charge in [0, 0.05) is 5.56 Å². The predicted molar refractivity (Wildman–Crippen MR) is 82.0 cm³/mol. The van der Waals surface area contributed by atoms with E-state index in [2.05, 4.69) is 10.1 Å². The van der Waals surface area contributed by atoms with Crippen molar-refractivity contribution in [3.05, 3.63) is 59.2 Å². The van der Waals surface area contributed by atoms with Crippen molar-refractivity contribution in [2.45, 2.75) is 6.61 Å². The second-order valence-corrected chi connectivity index (χ2v) is 5.01. The number of ether oxygens (including phenoxy) is 2. The Morgan fingerprint density at radius 1 is 1.17 bits per heavy atom. The molecule has 0 saturated carbocycles. The van der Waals surface area contributed by atoms with E-state index in [1.165, 1.54) is 18.2 Å². The van der Waals surface area contributed by atoms with E-state index in [1.807, 2.05) is 12.1 Å². The Morgan fingerprint density at radius 3 is 2.65 bits per heavy atom. The maximum atomic E-state index is 13.0. The van der Waals surface area contributed by atoms with Gasteiger partial charge in [0.15, 0.2) is 6.61 Å². The summed E-state index contributed by atoms with van der Waals surface area (Å²) in [6.45, 7) is 0.0362. The highest BCUT2D eigenvalue weighted by Gasteiger charge is 2.11. The molecule has 0 fully saturated rings. The molecule has 0 N–H and O–H groups in total. The van der Waals surface area contributed by atoms with Crippen molar-refractivity contribution in [1.29, 1.82) is 0 Å². The van der Waals surface area contributed by atoms with E-state index in [0.717, 1.165) is 11.3 Å². The summed E-state index contributed by atoms with van der Waals surface area (Å²) in [7, 11) is 1.60. The molecule has 3 aromatic rings. The van der Waals surface area contributed by atoms with Crippen molar-refractivity contribution in [3.63, 3.8) is 0 Å². The van der Waals surface area contributed by atoms with Crippen LogP contribution in [-0.4, -0.2) is 17.3 Å². The number of aromatic nitrogens is 2. The van der Waals surface area contributed by atoms with Gasteiger partial charge in [-0.1, -0.05) is 16.8 Å². The maximum absolute atomic E-state index is 13.0. The molecule has 3 rings (SSSR count). The molecule has 0 amide bonds. The molecule has 0 radical (unpaired) electrons. The second kappa shape index (κ2) is 6.66. The van der Waals surface area contributed by atoms with E-state index >= 15 is 0 Å². The Kier molecular flexibility index (Phi) is 4.43. The lowest BCUT2D eigenvalue weighted by atomic mass is 10.2. The molecule has 0 unspecified atom stereocenters. The first-order valence-electron chi connectivity index (χ1n) is 6.70. The fourth-order valence-corrected chi connectivity index (χ4v) is 2.12. The number of nitrogens with zero attached hydrogens (tertiary/aromatic N) is 2. The Balaban J connectivity index is 1.69. The lowest BCUT2D eigenvalue weighted by Gasteiger charge is -2.04. The second-order valence-electron chi connectivity index (χ2n) is 4.60. The Bertz CT molecular complexity index is 805. The third-order valence-corrected chi connectivity index (χ3v) is 3.36. The van der Waals surface area contributed by atoms with Crippen LogP contribution in [-0.2, 0) is 6.61 Å². The van der Waals surface area contributed by atoms with Gasteiger partial charge in [-0.05, 0) is 42.5 Å². The van der Waals surface area contributed by atoms with Crippen molar-refractivity contribution in [3.8, 4) is 22.9 Å². The van der Waals surface area contributed by atoms with Gasteiger partial charge in [0.1, 0.15) is 17.3 Å². The summed E-state index contributed by atoms with van der Waals surface area (Å²) in [6, 6.07) is 11.1. The van der Waals surface area contributed by atoms with Crippen LogP contribution in [0.5, 0.6) is 11.5 Å². The first-order valence-corrected chi connectivity index (χ1v) is 7.08. The largest absolute Gasteiger partial charge is 0.497 e. The third kappa shape index (κ3) is 3.60. The van der Waals surface area contributed by atoms with Crippen molar-refractivity contribution >= 4 is 11.6 Å². The molecule has 5 nitrogen and oxygen atoms in total. The van der Waals surface area contributed by atoms with E-state index in [9.17, 15) is 4.39 Å². The minimum Gasteiger partial charge on any atom is -0.497 e. The van der Waals surface area contributed by atoms with Crippen molar-refractivity contribution < 1.29 is 18.4 Å². The molecule has 0 bridgehead atoms. The van der Waals surface area contributed by atoms with Crippen LogP contribution in [0, 0.1) is 5.82 Å². The quantitative estimate of drug-likeness (QED) is 0.702. The molecule has 2 aromatic carbocycles. The highest BCUT2D eigenvalue weighted by atomic mass is 35.5. The van der Waals surface area contributed by atoms with E-state index in [4.69, 9.17) is 25.6 Å². The van der Waals surface area contributed by atoms with Gasteiger partial charge >= 0.3 is 0 Å². The first-order chi connectivity index (χ1) is 11.2. The molecular weight excluding hydrogens is 323 g/mol. The van der Waals surface area contributed by atoms with E-state index in [-0.39, 0.29) is 17.5 Å². The van der Waals surface area contributed by atoms with Gasteiger partial charge in [0.2, 0.25) is 5.82 Å². The highest BCUT2D eigenvalue weighted by Crippen LogP contribution is 2.26. The standard InChI is InChI=1S/C16H12ClFN2O3/c1-21-12-5-2-10(3-6-12)16-19-15(23-20-16)9-22-14-7-4-11(18)8-13(14)17/h2-8H,9H2,1H3. The zero-order valence-electron chi connectivity index (χ0n) is 12.1. The zero-order chi connectivity index (χ0) is 16.2. The summed E-state index contributed by atoms with van der Waals surface area (Å²) in [5.41, 5.74) is 0.792. The topological polar surface area (TPSA) is 57.4 Å². The summed E-state index contributed by atoms with van der Waals surface area (Å²) in [5.74, 6) is 1.39. The number of rotatable bonds is 5. The minimum atomic E-state index is -0.429. The summed E-state index contributed by atoms with van der Waals surface area (Å²) in [5, 5.41) is 4.07. The fraction of sp³-hybridized carbons (Fsp3) is 0.125. The smallest absolute Gasteiger partial charge is 0.264 e. The molecule has 7 heteroatoms. The monoisotopic (exact) mass is 334 g/mol. The normalized spacial score (nSPS) is 10.6. The lowest BCUT2D eigenvalue weighted by molar-refractivity contribution is 0.243. The van der Waals surface area contributed by atoms with Crippen LogP contribution in [0.3, 0.4) is 0 Å². The summed E-state index contributed by atoms with van der Waals surface area (Å²) in [6.07, 6.45) is 0. The maximum Gasteiger partial charge on any atom is 0.264 e. The number of halogens is 2. The van der Waals surface area contributed by atoms with Gasteiger partial charge in [-0.3, -0.25) is 0 Å². The molecule has 1 aromatic heterocycles. The average molecular weight is 335 g/mol. The number of hydrogen-bond acceptors (Lipinski definition) is 5. The van der Waals surface area contributed by atoms with Crippen molar-refractivity contribution in [2.75, 3.05) is 7.11 Å². The van der Waals surface area contributed by atoms with Gasteiger partial charge in [-0.25, -0.2) is 4.39 Å². The summed E-state index contributed by atoms with van der Waals surface area (Å²) in [4.78, 5) is 4.24. The molecule has 0 aliphatic rings. The number of benzene rings is 2. The van der Waals surface area contributed by atoms with E-state index < -0.39 is 5.82 Å². The van der Waals surface area contributed by atoms with Crippen molar-refractivity contribution in [1.82, 2.24) is 10.1 Å². The minimum absolute atomic E-state index is 0.0362. The van der Waals surface area contributed by atoms with Gasteiger partial charge in [0.25, 0.3) is 5.89 Å². The summed E-state index contributed by atoms with van der Waals surface area (Å²) < 4.78 is 28.6. The average Bonchev–Trinajstić information content (AvgIpc) is 3.03. The van der Waals surface area contributed by atoms with E-state index in [1.54, 1.807) is 19.2 Å². The van der Waals surface area contributed by atoms with Gasteiger partial charge in [-0.2, -0.15) is 4.98 Å². The van der Waals surface area contributed by atoms with Crippen molar-refractivity contribution in [2.24, 2.45) is 0 Å². The molecule has 0 aliphatic heterocycles. The van der Waals surface area contributed by atoms with Crippen LogP contribution in [0.15, 0.2) is 47.0 Å². The Hall–Kier alpha value is -2.60. The zero-order valence-corrected chi connectivity index (χ0v) is 12.9. The van der Waals surface area contributed by atoms with Gasteiger partial charge < -0.3 is 14.0 Å². The predicted octanol–water partition coefficient (Wildman–Crippen LogP) is 4.12. The van der Waals surface area contributed by atoms with Crippen LogP contribution in [0.1, 0.15) is 5.89 Å². The van der Waals surface area contributed by atoms with Crippen LogP contribution < -0.4 is 9.47 Å². The molecule has 0 saturated heterocycles. The molecule has 118 valence electrons. The highest BCUT2D eigenvalue weighted by molar-refractivity contribution is 6.32. The fourth-order valence-electron chi connectivity index (χ4n) is 1.90. The SMILES string of the molecule is COc1ccc(-c2noc(COc3ccc(F)cc3Cl)n2)cc1. The lowest BCUT2D eigenvalue weighted by Crippen LogP contribution is -1.96. The van der Waals surface area contributed by atoms with Crippen LogP contribution >= 0.6 is 11.6 Å². The molecule has 0 spiro atoms. The van der Waals surface area contributed by atoms with Crippen LogP contribution in [0.4, 0.5) is 4.39 Å². The van der Waals surface area contributed by atoms with Crippen LogP contribution in [0.2, 0.25) is 5.02 Å².